The van der Waals surface area contributed by atoms with Gasteiger partial charge in [0.15, 0.2) is 0 Å². The van der Waals surface area contributed by atoms with E-state index in [9.17, 15) is 19.8 Å². The molecule has 2 atom stereocenters. The largest absolute Gasteiger partial charge is 0.466 e. The van der Waals surface area contributed by atoms with Crippen molar-refractivity contribution < 1.29 is 24.5 Å². The van der Waals surface area contributed by atoms with Crippen molar-refractivity contribution in [1.82, 2.24) is 5.32 Å². The molecule has 0 aromatic rings. The Balaban J connectivity index is 3.45. The molecule has 6 nitrogen and oxygen atoms in total. The summed E-state index contributed by atoms with van der Waals surface area (Å²) < 4.78 is 5.46. The van der Waals surface area contributed by atoms with Crippen molar-refractivity contribution in [3.8, 4) is 0 Å². The maximum Gasteiger partial charge on any atom is 0.305 e. The fourth-order valence-corrected chi connectivity index (χ4v) is 8.60. The molecule has 0 spiro atoms. The van der Waals surface area contributed by atoms with Gasteiger partial charge in [0.1, 0.15) is 0 Å². The Labute approximate surface area is 410 Å². The lowest BCUT2D eigenvalue weighted by Gasteiger charge is -2.20. The molecule has 0 aliphatic heterocycles. The summed E-state index contributed by atoms with van der Waals surface area (Å²) in [6.45, 7) is 4.86. The Morgan fingerprint density at radius 2 is 0.758 bits per heavy atom. The average molecular weight is 927 g/mol. The van der Waals surface area contributed by atoms with E-state index in [1.165, 1.54) is 218 Å². The number of allylic oxidation sites excluding steroid dienone is 7. The molecule has 0 aromatic heterocycles. The fraction of sp³-hybridized carbons (Fsp3) is 0.833. The molecule has 0 fully saturated rings. The van der Waals surface area contributed by atoms with E-state index >= 15 is 0 Å². The van der Waals surface area contributed by atoms with Crippen LogP contribution in [0.25, 0.3) is 0 Å². The maximum absolute atomic E-state index is 12.4. The van der Waals surface area contributed by atoms with Crippen molar-refractivity contribution in [2.24, 2.45) is 0 Å². The molecular weight excluding hydrogens is 815 g/mol. The van der Waals surface area contributed by atoms with E-state index < -0.39 is 12.1 Å². The van der Waals surface area contributed by atoms with E-state index in [-0.39, 0.29) is 18.5 Å². The lowest BCUT2D eigenvalue weighted by Crippen LogP contribution is -2.45. The van der Waals surface area contributed by atoms with Gasteiger partial charge in [-0.3, -0.25) is 9.59 Å². The minimum atomic E-state index is -0.847. The standard InChI is InChI=1S/C60H111NO5/c1-3-5-7-9-11-13-15-29-34-38-42-46-50-54-60(65)66-55-51-47-43-39-35-31-28-26-24-22-20-18-16-17-19-21-23-25-27-30-33-37-41-45-49-53-59(64)61-57(56-62)58(63)52-48-44-40-36-32-14-12-10-8-6-4-2/h13,15,17-20,48,52,57-58,62-63H,3-12,14,16,21-47,49-51,53-56H2,1-2H3,(H,61,64)/b15-13-,19-17-,20-18-,52-48+. The summed E-state index contributed by atoms with van der Waals surface area (Å²) >= 11 is 0. The molecule has 2 unspecified atom stereocenters. The Kier molecular flexibility index (Phi) is 53.6. The van der Waals surface area contributed by atoms with E-state index in [4.69, 9.17) is 4.74 Å². The van der Waals surface area contributed by atoms with Crippen molar-refractivity contribution in [3.63, 3.8) is 0 Å². The molecule has 0 aliphatic carbocycles. The summed E-state index contributed by atoms with van der Waals surface area (Å²) in [7, 11) is 0. The van der Waals surface area contributed by atoms with Crippen LogP contribution in [0.15, 0.2) is 48.6 Å². The molecule has 0 heterocycles. The highest BCUT2D eigenvalue weighted by Gasteiger charge is 2.18. The van der Waals surface area contributed by atoms with Crippen molar-refractivity contribution in [2.45, 2.75) is 309 Å². The van der Waals surface area contributed by atoms with Gasteiger partial charge < -0.3 is 20.3 Å². The average Bonchev–Trinajstić information content (AvgIpc) is 3.32. The number of unbranched alkanes of at least 4 members (excludes halogenated alkanes) is 36. The quantitative estimate of drug-likeness (QED) is 0.0321. The zero-order valence-corrected chi connectivity index (χ0v) is 43.9. The zero-order valence-electron chi connectivity index (χ0n) is 43.9. The first kappa shape index (κ1) is 63.8. The van der Waals surface area contributed by atoms with Crippen LogP contribution >= 0.6 is 0 Å². The van der Waals surface area contributed by atoms with Crippen LogP contribution in [0.4, 0.5) is 0 Å². The van der Waals surface area contributed by atoms with Crippen LogP contribution in [-0.2, 0) is 14.3 Å². The third kappa shape index (κ3) is 51.2. The van der Waals surface area contributed by atoms with Gasteiger partial charge in [-0.1, -0.05) is 242 Å². The summed E-state index contributed by atoms with van der Waals surface area (Å²) in [5.74, 6) is -0.0775. The van der Waals surface area contributed by atoms with E-state index in [2.05, 4.69) is 55.6 Å². The highest BCUT2D eigenvalue weighted by Crippen LogP contribution is 2.15. The number of aliphatic hydroxyl groups excluding tert-OH is 2. The first-order valence-corrected chi connectivity index (χ1v) is 28.9. The predicted molar refractivity (Wildman–Crippen MR) is 287 cm³/mol. The summed E-state index contributed by atoms with van der Waals surface area (Å²) in [5.41, 5.74) is 0. The first-order valence-electron chi connectivity index (χ1n) is 28.9. The van der Waals surface area contributed by atoms with Gasteiger partial charge in [-0.15, -0.1) is 0 Å². The maximum atomic E-state index is 12.4. The number of nitrogens with one attached hydrogen (secondary N) is 1. The number of esters is 1. The Morgan fingerprint density at radius 1 is 0.424 bits per heavy atom. The lowest BCUT2D eigenvalue weighted by atomic mass is 10.0. The molecule has 0 bridgehead atoms. The molecule has 0 rings (SSSR count). The minimum Gasteiger partial charge on any atom is -0.466 e. The molecule has 0 aromatic carbocycles. The summed E-state index contributed by atoms with van der Waals surface area (Å²) in [5, 5.41) is 23.0. The van der Waals surface area contributed by atoms with Gasteiger partial charge in [0, 0.05) is 12.8 Å². The second-order valence-corrected chi connectivity index (χ2v) is 19.6. The topological polar surface area (TPSA) is 95.9 Å². The van der Waals surface area contributed by atoms with Gasteiger partial charge in [-0.2, -0.15) is 0 Å². The van der Waals surface area contributed by atoms with Crippen LogP contribution in [0.2, 0.25) is 0 Å². The number of hydrogen-bond acceptors (Lipinski definition) is 5. The van der Waals surface area contributed by atoms with Gasteiger partial charge in [0.25, 0.3) is 0 Å². The van der Waals surface area contributed by atoms with Crippen LogP contribution in [-0.4, -0.2) is 47.4 Å². The van der Waals surface area contributed by atoms with E-state index in [0.717, 1.165) is 51.4 Å². The number of rotatable bonds is 53. The minimum absolute atomic E-state index is 0.00142. The molecular formula is C60H111NO5. The normalized spacial score (nSPS) is 13.0. The second kappa shape index (κ2) is 55.4. The van der Waals surface area contributed by atoms with E-state index in [0.29, 0.717) is 19.4 Å². The molecule has 66 heavy (non-hydrogen) atoms. The first-order chi connectivity index (χ1) is 32.5. The third-order valence-corrected chi connectivity index (χ3v) is 13.1. The second-order valence-electron chi connectivity index (χ2n) is 19.6. The number of amides is 1. The smallest absolute Gasteiger partial charge is 0.305 e. The van der Waals surface area contributed by atoms with Crippen molar-refractivity contribution in [2.75, 3.05) is 13.2 Å². The van der Waals surface area contributed by atoms with E-state index in [1.54, 1.807) is 6.08 Å². The number of hydrogen-bond donors (Lipinski definition) is 3. The molecule has 0 radical (unpaired) electrons. The zero-order chi connectivity index (χ0) is 47.9. The van der Waals surface area contributed by atoms with Gasteiger partial charge in [-0.05, 0) is 89.9 Å². The number of carbonyl (C=O) groups excluding carboxylic acids is 2. The molecule has 0 saturated heterocycles. The Morgan fingerprint density at radius 3 is 1.18 bits per heavy atom. The number of carbonyl (C=O) groups is 2. The van der Waals surface area contributed by atoms with E-state index in [1.807, 2.05) is 6.08 Å². The molecule has 6 heteroatoms. The number of aliphatic hydroxyl groups is 2. The highest BCUT2D eigenvalue weighted by molar-refractivity contribution is 5.76. The van der Waals surface area contributed by atoms with Crippen LogP contribution in [0.1, 0.15) is 296 Å². The van der Waals surface area contributed by atoms with Gasteiger partial charge >= 0.3 is 5.97 Å². The molecule has 1 amide bonds. The third-order valence-electron chi connectivity index (χ3n) is 13.1. The lowest BCUT2D eigenvalue weighted by molar-refractivity contribution is -0.143. The van der Waals surface area contributed by atoms with Gasteiger partial charge in [0.2, 0.25) is 5.91 Å². The van der Waals surface area contributed by atoms with Crippen molar-refractivity contribution in [1.29, 1.82) is 0 Å². The molecule has 0 saturated carbocycles. The van der Waals surface area contributed by atoms with Crippen molar-refractivity contribution >= 4 is 11.9 Å². The molecule has 0 aliphatic rings. The monoisotopic (exact) mass is 926 g/mol. The SMILES string of the molecule is CCCCCC/C=C\CCCCCCCC(=O)OCCCCCCCCCCC/C=C\C/C=C\CCCCCCCCCCCC(=O)NC(CO)C(O)/C=C/CCCCCCCCCCC. The highest BCUT2D eigenvalue weighted by atomic mass is 16.5. The van der Waals surface area contributed by atoms with Crippen LogP contribution in [0, 0.1) is 0 Å². The number of ether oxygens (including phenoxy) is 1. The summed E-state index contributed by atoms with van der Waals surface area (Å²) in [6, 6.07) is -0.632. The van der Waals surface area contributed by atoms with Crippen LogP contribution < -0.4 is 5.32 Å². The molecule has 3 N–H and O–H groups in total. The summed E-state index contributed by atoms with van der Waals surface area (Å²) in [6.07, 6.45) is 70.0. The summed E-state index contributed by atoms with van der Waals surface area (Å²) in [4.78, 5) is 24.4. The van der Waals surface area contributed by atoms with Crippen LogP contribution in [0.3, 0.4) is 0 Å². The fourth-order valence-electron chi connectivity index (χ4n) is 8.60. The van der Waals surface area contributed by atoms with Gasteiger partial charge in [0.05, 0.1) is 25.4 Å². The van der Waals surface area contributed by atoms with Crippen molar-refractivity contribution in [3.05, 3.63) is 48.6 Å². The van der Waals surface area contributed by atoms with Gasteiger partial charge in [-0.25, -0.2) is 0 Å². The predicted octanol–water partition coefficient (Wildman–Crippen LogP) is 17.8. The Hall–Kier alpha value is -2.18. The molecule has 386 valence electrons. The van der Waals surface area contributed by atoms with Crippen LogP contribution in [0.5, 0.6) is 0 Å². The Bertz CT molecular complexity index is 1110.